The summed E-state index contributed by atoms with van der Waals surface area (Å²) in [4.78, 5) is 97.8. The van der Waals surface area contributed by atoms with Crippen molar-refractivity contribution in [1.29, 1.82) is 0 Å². The number of primary amides is 1. The summed E-state index contributed by atoms with van der Waals surface area (Å²) < 4.78 is 5.07. The summed E-state index contributed by atoms with van der Waals surface area (Å²) in [5, 5.41) is 20.4. The van der Waals surface area contributed by atoms with Gasteiger partial charge >= 0.3 is 12.1 Å². The standard InChI is InChI=1S/C36H47N7O10S/c1-36(2,3)53-35(51)43-52-20-29(44)39-27(17-22-19-38-24-13-9-8-12-23(22)24)33(49)40-25(14-15-54-4)32(48)42-28(18-30(45)46)34(50)41-26(31(37)47)16-21-10-6-5-7-11-21/h5-13,19,25-28,38H,14-18,20H2,1-4H3,(H2,37,47)(H,39,44)(H,40,49)(H,41,50)(H,42,48)(H,43,51)(H,45,46). The van der Waals surface area contributed by atoms with Crippen LogP contribution in [0.2, 0.25) is 0 Å². The highest BCUT2D eigenvalue weighted by Gasteiger charge is 2.32. The summed E-state index contributed by atoms with van der Waals surface area (Å²) in [5.74, 6) is -5.31. The number of rotatable bonds is 20. The van der Waals surface area contributed by atoms with Crippen LogP contribution in [-0.2, 0) is 51.2 Å². The Morgan fingerprint density at radius 2 is 1.43 bits per heavy atom. The number of thioether (sulfide) groups is 1. The Balaban J connectivity index is 1.79. The van der Waals surface area contributed by atoms with Crippen LogP contribution in [0.1, 0.15) is 44.7 Å². The number of benzene rings is 2. The highest BCUT2D eigenvalue weighted by molar-refractivity contribution is 7.98. The fraction of sp³-hybridized carbons (Fsp3) is 0.417. The van der Waals surface area contributed by atoms with Gasteiger partial charge in [-0.25, -0.2) is 4.79 Å². The van der Waals surface area contributed by atoms with Crippen LogP contribution in [0.15, 0.2) is 60.8 Å². The van der Waals surface area contributed by atoms with Crippen molar-refractivity contribution in [2.24, 2.45) is 5.73 Å². The number of carbonyl (C=O) groups is 7. The SMILES string of the molecule is CSCCC(NC(=O)C(Cc1c[nH]c2ccccc12)NC(=O)CONC(=O)OC(C)(C)C)C(=O)NC(CC(=O)O)C(=O)NC(Cc1ccccc1)C(N)=O. The number of hydrogen-bond acceptors (Lipinski definition) is 10. The highest BCUT2D eigenvalue weighted by Crippen LogP contribution is 2.19. The van der Waals surface area contributed by atoms with Crippen molar-refractivity contribution >= 4 is 64.3 Å². The predicted molar refractivity (Wildman–Crippen MR) is 200 cm³/mol. The Morgan fingerprint density at radius 1 is 0.815 bits per heavy atom. The van der Waals surface area contributed by atoms with Gasteiger partial charge in [-0.15, -0.1) is 0 Å². The molecule has 3 aromatic rings. The highest BCUT2D eigenvalue weighted by atomic mass is 32.2. The van der Waals surface area contributed by atoms with Crippen molar-refractivity contribution in [2.75, 3.05) is 18.6 Å². The molecule has 9 N–H and O–H groups in total. The average molecular weight is 770 g/mol. The summed E-state index contributed by atoms with van der Waals surface area (Å²) >= 11 is 1.37. The molecular weight excluding hydrogens is 723 g/mol. The van der Waals surface area contributed by atoms with Crippen LogP contribution in [0.5, 0.6) is 0 Å². The number of aromatic amines is 1. The van der Waals surface area contributed by atoms with Crippen molar-refractivity contribution in [2.45, 2.75) is 76.2 Å². The molecule has 0 saturated heterocycles. The van der Waals surface area contributed by atoms with Crippen molar-refractivity contribution in [3.05, 3.63) is 71.9 Å². The van der Waals surface area contributed by atoms with Gasteiger partial charge in [0, 0.05) is 29.9 Å². The van der Waals surface area contributed by atoms with E-state index in [9.17, 15) is 38.7 Å². The largest absolute Gasteiger partial charge is 0.481 e. The number of hydroxylamine groups is 1. The first kappa shape index (κ1) is 42.8. The molecule has 18 heteroatoms. The zero-order chi connectivity index (χ0) is 39.8. The number of H-pyrrole nitrogens is 1. The van der Waals surface area contributed by atoms with Crippen molar-refractivity contribution in [3.63, 3.8) is 0 Å². The van der Waals surface area contributed by atoms with Gasteiger partial charge < -0.3 is 41.8 Å². The number of aliphatic carboxylic acids is 1. The molecule has 0 aliphatic carbocycles. The molecule has 3 rings (SSSR count). The van der Waals surface area contributed by atoms with Gasteiger partial charge in [-0.05, 0) is 56.4 Å². The first-order chi connectivity index (χ1) is 25.6. The number of nitrogens with two attached hydrogens (primary N) is 1. The van der Waals surface area contributed by atoms with Crippen LogP contribution >= 0.6 is 11.8 Å². The molecule has 292 valence electrons. The average Bonchev–Trinajstić information content (AvgIpc) is 3.51. The van der Waals surface area contributed by atoms with Crippen LogP contribution in [-0.4, -0.2) is 100 Å². The number of carbonyl (C=O) groups excluding carboxylic acids is 6. The Bertz CT molecular complexity index is 1780. The first-order valence-electron chi connectivity index (χ1n) is 17.0. The molecule has 1 heterocycles. The number of ether oxygens (including phenoxy) is 1. The van der Waals surface area contributed by atoms with E-state index in [1.807, 2.05) is 29.7 Å². The number of para-hydroxylation sites is 1. The maximum atomic E-state index is 13.9. The number of carboxylic acid groups (broad SMARTS) is 1. The second-order valence-electron chi connectivity index (χ2n) is 13.2. The molecule has 4 atom stereocenters. The van der Waals surface area contributed by atoms with E-state index in [1.165, 1.54) is 11.8 Å². The molecule has 1 aromatic heterocycles. The van der Waals surface area contributed by atoms with Crippen molar-refractivity contribution in [3.8, 4) is 0 Å². The van der Waals surface area contributed by atoms with Gasteiger partial charge in [0.1, 0.15) is 29.8 Å². The van der Waals surface area contributed by atoms with Gasteiger partial charge in [0.25, 0.3) is 0 Å². The van der Waals surface area contributed by atoms with Crippen LogP contribution < -0.4 is 32.5 Å². The topological polar surface area (TPSA) is 260 Å². The van der Waals surface area contributed by atoms with Crippen LogP contribution in [0.4, 0.5) is 4.79 Å². The zero-order valence-corrected chi connectivity index (χ0v) is 31.2. The molecule has 6 amide bonds. The van der Waals surface area contributed by atoms with Crippen LogP contribution in [0.3, 0.4) is 0 Å². The molecule has 0 spiro atoms. The monoisotopic (exact) mass is 769 g/mol. The lowest BCUT2D eigenvalue weighted by Crippen LogP contribution is -2.59. The third kappa shape index (κ3) is 14.4. The number of nitrogens with one attached hydrogen (secondary N) is 6. The third-order valence-electron chi connectivity index (χ3n) is 7.71. The summed E-state index contributed by atoms with van der Waals surface area (Å²) in [5.41, 5.74) is 8.84. The fourth-order valence-electron chi connectivity index (χ4n) is 5.20. The molecule has 0 saturated carbocycles. The second-order valence-corrected chi connectivity index (χ2v) is 14.2. The predicted octanol–water partition coefficient (Wildman–Crippen LogP) is 1.06. The number of amides is 6. The van der Waals surface area contributed by atoms with Gasteiger partial charge in [0.15, 0.2) is 6.61 Å². The maximum absolute atomic E-state index is 13.9. The Morgan fingerprint density at radius 3 is 2.07 bits per heavy atom. The van der Waals surface area contributed by atoms with E-state index in [2.05, 4.69) is 26.3 Å². The van der Waals surface area contributed by atoms with E-state index in [4.69, 9.17) is 15.3 Å². The van der Waals surface area contributed by atoms with E-state index in [0.29, 0.717) is 16.9 Å². The molecule has 4 unspecified atom stereocenters. The minimum absolute atomic E-state index is 0.0215. The fourth-order valence-corrected chi connectivity index (χ4v) is 5.67. The van der Waals surface area contributed by atoms with Crippen LogP contribution in [0, 0.1) is 0 Å². The number of carboxylic acids is 1. The summed E-state index contributed by atoms with van der Waals surface area (Å²) in [6.45, 7) is 4.25. The molecule has 54 heavy (non-hydrogen) atoms. The molecule has 0 aliphatic rings. The molecule has 0 aliphatic heterocycles. The Kier molecular flexibility index (Phi) is 16.3. The molecule has 0 radical (unpaired) electrons. The summed E-state index contributed by atoms with van der Waals surface area (Å²) in [6, 6.07) is 10.6. The minimum Gasteiger partial charge on any atom is -0.481 e. The molecule has 0 bridgehead atoms. The number of fused-ring (bicyclic) bond motifs is 1. The lowest BCUT2D eigenvalue weighted by molar-refractivity contribution is -0.141. The third-order valence-corrected chi connectivity index (χ3v) is 8.35. The van der Waals surface area contributed by atoms with E-state index >= 15 is 0 Å². The molecular formula is C36H47N7O10S. The zero-order valence-electron chi connectivity index (χ0n) is 30.4. The number of aromatic nitrogens is 1. The van der Waals surface area contributed by atoms with Crippen LogP contribution in [0.25, 0.3) is 10.9 Å². The van der Waals surface area contributed by atoms with E-state index in [0.717, 1.165) is 10.9 Å². The maximum Gasteiger partial charge on any atom is 0.431 e. The quantitative estimate of drug-likeness (QED) is 0.0754. The normalized spacial score (nSPS) is 13.4. The van der Waals surface area contributed by atoms with Gasteiger partial charge in [0.05, 0.1) is 6.42 Å². The molecule has 2 aromatic carbocycles. The Hall–Kier alpha value is -5.62. The van der Waals surface area contributed by atoms with Crippen molar-refractivity contribution < 1.29 is 48.2 Å². The number of hydrogen-bond donors (Lipinski definition) is 8. The van der Waals surface area contributed by atoms with E-state index in [1.54, 1.807) is 63.6 Å². The van der Waals surface area contributed by atoms with E-state index in [-0.39, 0.29) is 19.3 Å². The lowest BCUT2D eigenvalue weighted by atomic mass is 10.0. The van der Waals surface area contributed by atoms with Gasteiger partial charge in [-0.1, -0.05) is 48.5 Å². The second kappa shape index (κ2) is 20.6. The summed E-state index contributed by atoms with van der Waals surface area (Å²) in [6.07, 6.45) is 1.75. The minimum atomic E-state index is -1.64. The van der Waals surface area contributed by atoms with Gasteiger partial charge in [-0.2, -0.15) is 17.2 Å². The Labute approximate surface area is 316 Å². The smallest absolute Gasteiger partial charge is 0.431 e. The first-order valence-corrected chi connectivity index (χ1v) is 18.4. The van der Waals surface area contributed by atoms with Crippen molar-refractivity contribution in [1.82, 2.24) is 31.7 Å². The molecule has 0 fully saturated rings. The lowest BCUT2D eigenvalue weighted by Gasteiger charge is -2.26. The van der Waals surface area contributed by atoms with E-state index < -0.39 is 84.4 Å². The van der Waals surface area contributed by atoms with Gasteiger partial charge in [0.2, 0.25) is 29.5 Å². The van der Waals surface area contributed by atoms with Gasteiger partial charge in [-0.3, -0.25) is 33.6 Å². The molecule has 17 nitrogen and oxygen atoms in total. The summed E-state index contributed by atoms with van der Waals surface area (Å²) in [7, 11) is 0.